The van der Waals surface area contributed by atoms with Crippen molar-refractivity contribution in [3.8, 4) is 0 Å². The highest BCUT2D eigenvalue weighted by atomic mass is 16.5. The summed E-state index contributed by atoms with van der Waals surface area (Å²) in [5, 5.41) is 9.00. The van der Waals surface area contributed by atoms with E-state index in [-0.39, 0.29) is 6.10 Å². The van der Waals surface area contributed by atoms with E-state index in [2.05, 4.69) is 6.92 Å². The number of hydrogen-bond donors (Lipinski definition) is 1. The average molecular weight is 218 g/mol. The van der Waals surface area contributed by atoms with Gasteiger partial charge in [0.25, 0.3) is 0 Å². The van der Waals surface area contributed by atoms with Crippen LogP contribution in [0.15, 0.2) is 0 Å². The quantitative estimate of drug-likeness (QED) is 0.572. The van der Waals surface area contributed by atoms with E-state index in [4.69, 9.17) is 14.6 Å². The molecule has 1 N–H and O–H groups in total. The Hall–Kier alpha value is -0.120. The van der Waals surface area contributed by atoms with E-state index < -0.39 is 6.10 Å². The van der Waals surface area contributed by atoms with Gasteiger partial charge in [-0.2, -0.15) is 0 Å². The summed E-state index contributed by atoms with van der Waals surface area (Å²) in [4.78, 5) is 0. The van der Waals surface area contributed by atoms with Gasteiger partial charge in [0.2, 0.25) is 0 Å². The normalized spacial score (nSPS) is 15.2. The maximum atomic E-state index is 9.00. The average Bonchev–Trinajstić information content (AvgIpc) is 2.20. The van der Waals surface area contributed by atoms with Crippen molar-refractivity contribution >= 4 is 0 Å². The van der Waals surface area contributed by atoms with Crippen LogP contribution in [0.3, 0.4) is 0 Å². The molecule has 0 spiro atoms. The second-order valence-electron chi connectivity index (χ2n) is 4.13. The zero-order valence-corrected chi connectivity index (χ0v) is 10.4. The lowest BCUT2D eigenvalue weighted by Gasteiger charge is -2.14. The van der Waals surface area contributed by atoms with Gasteiger partial charge in [-0.25, -0.2) is 0 Å². The number of unbranched alkanes of at least 4 members (excludes halogenated alkanes) is 3. The summed E-state index contributed by atoms with van der Waals surface area (Å²) in [6, 6.07) is 0. The van der Waals surface area contributed by atoms with Crippen LogP contribution in [0.2, 0.25) is 0 Å². The molecule has 15 heavy (non-hydrogen) atoms. The minimum atomic E-state index is -0.392. The zero-order valence-electron chi connectivity index (χ0n) is 10.4. The number of hydrogen-bond acceptors (Lipinski definition) is 3. The van der Waals surface area contributed by atoms with Crippen molar-refractivity contribution in [1.29, 1.82) is 0 Å². The fourth-order valence-electron chi connectivity index (χ4n) is 1.23. The fraction of sp³-hybridized carbons (Fsp3) is 1.00. The van der Waals surface area contributed by atoms with E-state index in [9.17, 15) is 0 Å². The summed E-state index contributed by atoms with van der Waals surface area (Å²) < 4.78 is 10.8. The Labute approximate surface area is 93.8 Å². The monoisotopic (exact) mass is 218 g/mol. The molecule has 0 fully saturated rings. The lowest BCUT2D eigenvalue weighted by Crippen LogP contribution is -2.21. The Balaban J connectivity index is 3.13. The van der Waals surface area contributed by atoms with E-state index >= 15 is 0 Å². The first-order valence-electron chi connectivity index (χ1n) is 6.04. The van der Waals surface area contributed by atoms with E-state index in [0.717, 1.165) is 13.0 Å². The zero-order chi connectivity index (χ0) is 11.5. The molecule has 0 aromatic carbocycles. The molecule has 0 radical (unpaired) electrons. The van der Waals surface area contributed by atoms with Gasteiger partial charge in [0.15, 0.2) is 0 Å². The molecule has 0 saturated carbocycles. The van der Waals surface area contributed by atoms with Crippen molar-refractivity contribution in [2.24, 2.45) is 0 Å². The van der Waals surface area contributed by atoms with Gasteiger partial charge in [-0.05, 0) is 20.3 Å². The van der Waals surface area contributed by atoms with Crippen molar-refractivity contribution in [2.75, 3.05) is 19.8 Å². The molecule has 0 aliphatic rings. The van der Waals surface area contributed by atoms with Gasteiger partial charge in [-0.3, -0.25) is 0 Å². The van der Waals surface area contributed by atoms with Crippen LogP contribution < -0.4 is 0 Å². The summed E-state index contributed by atoms with van der Waals surface area (Å²) >= 11 is 0. The first kappa shape index (κ1) is 14.9. The summed E-state index contributed by atoms with van der Waals surface area (Å²) in [5.74, 6) is 0. The number of aliphatic hydroxyl groups excluding tert-OH is 1. The molecule has 0 aromatic heterocycles. The van der Waals surface area contributed by atoms with Crippen LogP contribution in [0.1, 0.15) is 46.5 Å². The van der Waals surface area contributed by atoms with Crippen LogP contribution in [0, 0.1) is 0 Å². The highest BCUT2D eigenvalue weighted by molar-refractivity contribution is 4.50. The molecule has 3 heteroatoms. The number of rotatable bonds is 10. The van der Waals surface area contributed by atoms with Gasteiger partial charge < -0.3 is 14.6 Å². The molecule has 0 aliphatic carbocycles. The van der Waals surface area contributed by atoms with E-state index in [1.54, 1.807) is 6.92 Å². The van der Waals surface area contributed by atoms with Gasteiger partial charge >= 0.3 is 0 Å². The highest BCUT2D eigenvalue weighted by Gasteiger charge is 2.03. The summed E-state index contributed by atoms with van der Waals surface area (Å²) in [7, 11) is 0. The molecule has 0 rings (SSSR count). The largest absolute Gasteiger partial charge is 0.391 e. The van der Waals surface area contributed by atoms with Gasteiger partial charge in [0.1, 0.15) is 0 Å². The molecule has 2 unspecified atom stereocenters. The summed E-state index contributed by atoms with van der Waals surface area (Å²) in [5.41, 5.74) is 0. The molecular formula is C12H26O3. The molecule has 2 atom stereocenters. The van der Waals surface area contributed by atoms with Crippen molar-refractivity contribution in [2.45, 2.75) is 58.7 Å². The number of aliphatic hydroxyl groups is 1. The highest BCUT2D eigenvalue weighted by Crippen LogP contribution is 2.00. The van der Waals surface area contributed by atoms with Gasteiger partial charge in [0, 0.05) is 6.61 Å². The van der Waals surface area contributed by atoms with Gasteiger partial charge in [0.05, 0.1) is 25.4 Å². The fourth-order valence-corrected chi connectivity index (χ4v) is 1.23. The van der Waals surface area contributed by atoms with Crippen LogP contribution in [-0.4, -0.2) is 37.1 Å². The first-order chi connectivity index (χ1) is 7.16. The van der Waals surface area contributed by atoms with Gasteiger partial charge in [-0.15, -0.1) is 0 Å². The maximum Gasteiger partial charge on any atom is 0.0781 e. The van der Waals surface area contributed by atoms with E-state index in [1.807, 2.05) is 6.92 Å². The van der Waals surface area contributed by atoms with Crippen LogP contribution in [0.25, 0.3) is 0 Å². The summed E-state index contributed by atoms with van der Waals surface area (Å²) in [6.45, 7) is 7.72. The third-order valence-electron chi connectivity index (χ3n) is 2.12. The predicted octanol–water partition coefficient (Wildman–Crippen LogP) is 2.37. The molecule has 3 nitrogen and oxygen atoms in total. The maximum absolute atomic E-state index is 9.00. The molecule has 0 bridgehead atoms. The van der Waals surface area contributed by atoms with Crippen LogP contribution in [0.4, 0.5) is 0 Å². The number of ether oxygens (including phenoxy) is 2. The Kier molecular flexibility index (Phi) is 10.3. The lowest BCUT2D eigenvalue weighted by atomic mass is 10.2. The standard InChI is InChI=1S/C12H26O3/c1-4-5-6-7-8-14-10-12(3)15-9-11(2)13/h11-13H,4-10H2,1-3H3. The molecule has 0 aromatic rings. The summed E-state index contributed by atoms with van der Waals surface area (Å²) in [6.07, 6.45) is 4.62. The van der Waals surface area contributed by atoms with Crippen molar-refractivity contribution in [3.63, 3.8) is 0 Å². The second-order valence-corrected chi connectivity index (χ2v) is 4.13. The second kappa shape index (κ2) is 10.4. The van der Waals surface area contributed by atoms with Gasteiger partial charge in [-0.1, -0.05) is 26.2 Å². The minimum absolute atomic E-state index is 0.0748. The molecule has 0 amide bonds. The predicted molar refractivity (Wildman–Crippen MR) is 62.1 cm³/mol. The van der Waals surface area contributed by atoms with E-state index in [0.29, 0.717) is 13.2 Å². The SMILES string of the molecule is CCCCCCOCC(C)OCC(C)O. The third-order valence-corrected chi connectivity index (χ3v) is 2.12. The third kappa shape index (κ3) is 11.8. The van der Waals surface area contributed by atoms with E-state index in [1.165, 1.54) is 19.3 Å². The minimum Gasteiger partial charge on any atom is -0.391 e. The molecule has 0 aliphatic heterocycles. The topological polar surface area (TPSA) is 38.7 Å². The molecule has 0 saturated heterocycles. The van der Waals surface area contributed by atoms with Crippen LogP contribution in [-0.2, 0) is 9.47 Å². The van der Waals surface area contributed by atoms with Crippen molar-refractivity contribution < 1.29 is 14.6 Å². The van der Waals surface area contributed by atoms with Crippen LogP contribution in [0.5, 0.6) is 0 Å². The Morgan fingerprint density at radius 2 is 1.80 bits per heavy atom. The Morgan fingerprint density at radius 1 is 1.07 bits per heavy atom. The molecular weight excluding hydrogens is 192 g/mol. The Bertz CT molecular complexity index is 126. The lowest BCUT2D eigenvalue weighted by molar-refractivity contribution is -0.0369. The first-order valence-corrected chi connectivity index (χ1v) is 6.04. The Morgan fingerprint density at radius 3 is 2.40 bits per heavy atom. The molecule has 0 heterocycles. The molecule has 92 valence electrons. The smallest absolute Gasteiger partial charge is 0.0781 e. The van der Waals surface area contributed by atoms with Crippen LogP contribution >= 0.6 is 0 Å². The van der Waals surface area contributed by atoms with Crippen molar-refractivity contribution in [3.05, 3.63) is 0 Å². The van der Waals surface area contributed by atoms with Crippen molar-refractivity contribution in [1.82, 2.24) is 0 Å².